The maximum absolute atomic E-state index is 12.3. The monoisotopic (exact) mass is 319 g/mol. The van der Waals surface area contributed by atoms with E-state index in [9.17, 15) is 9.59 Å². The molecule has 6 heteroatoms. The number of nitrogens with one attached hydrogen (secondary N) is 1. The summed E-state index contributed by atoms with van der Waals surface area (Å²) < 4.78 is 5.19. The lowest BCUT2D eigenvalue weighted by atomic mass is 9.89. The molecule has 1 saturated carbocycles. The first-order valence-electron chi connectivity index (χ1n) is 8.68. The van der Waals surface area contributed by atoms with E-state index in [4.69, 9.17) is 4.42 Å². The molecule has 1 saturated heterocycles. The molecule has 1 aliphatic heterocycles. The van der Waals surface area contributed by atoms with Gasteiger partial charge >= 0.3 is 0 Å². The minimum absolute atomic E-state index is 0.125. The topological polar surface area (TPSA) is 75.4 Å². The summed E-state index contributed by atoms with van der Waals surface area (Å²) >= 11 is 0. The van der Waals surface area contributed by atoms with Crippen molar-refractivity contribution in [3.8, 4) is 0 Å². The first-order valence-corrected chi connectivity index (χ1v) is 8.68. The Morgan fingerprint density at radius 2 is 2.17 bits per heavy atom. The fraction of sp³-hybridized carbons (Fsp3) is 0.706. The molecule has 0 spiro atoms. The average molecular weight is 319 g/mol. The fourth-order valence-corrected chi connectivity index (χ4v) is 3.69. The van der Waals surface area contributed by atoms with Gasteiger partial charge in [0.05, 0.1) is 6.04 Å². The first-order chi connectivity index (χ1) is 11.2. The molecule has 1 aromatic rings. The maximum Gasteiger partial charge on any atom is 0.273 e. The van der Waals surface area contributed by atoms with Gasteiger partial charge < -0.3 is 14.6 Å². The molecule has 2 aliphatic rings. The Balaban J connectivity index is 1.54. The molecule has 3 rings (SSSR count). The van der Waals surface area contributed by atoms with E-state index < -0.39 is 0 Å². The van der Waals surface area contributed by atoms with Crippen molar-refractivity contribution in [2.45, 2.75) is 57.9 Å². The molecule has 0 aromatic carbocycles. The van der Waals surface area contributed by atoms with Crippen LogP contribution in [0, 0.1) is 5.92 Å². The number of oxazole rings is 1. The summed E-state index contributed by atoms with van der Waals surface area (Å²) in [7, 11) is 0. The predicted molar refractivity (Wildman–Crippen MR) is 84.9 cm³/mol. The Kier molecular flexibility index (Phi) is 4.98. The average Bonchev–Trinajstić information content (AvgIpc) is 3.15. The van der Waals surface area contributed by atoms with Crippen LogP contribution in [0.1, 0.15) is 61.7 Å². The van der Waals surface area contributed by atoms with Gasteiger partial charge in [0, 0.05) is 25.9 Å². The highest BCUT2D eigenvalue weighted by atomic mass is 16.3. The summed E-state index contributed by atoms with van der Waals surface area (Å²) in [6.07, 6.45) is 8.62. The van der Waals surface area contributed by atoms with Gasteiger partial charge in [0.1, 0.15) is 5.76 Å². The van der Waals surface area contributed by atoms with Crippen LogP contribution >= 0.6 is 0 Å². The van der Waals surface area contributed by atoms with Gasteiger partial charge in [-0.05, 0) is 18.8 Å². The number of carbonyl (C=O) groups excluding carboxylic acids is 2. The summed E-state index contributed by atoms with van der Waals surface area (Å²) in [5.41, 5.74) is 0.339. The van der Waals surface area contributed by atoms with E-state index in [-0.39, 0.29) is 17.9 Å². The van der Waals surface area contributed by atoms with E-state index >= 15 is 0 Å². The van der Waals surface area contributed by atoms with E-state index in [0.29, 0.717) is 36.8 Å². The Bertz CT molecular complexity index is 563. The normalized spacial score (nSPS) is 22.6. The van der Waals surface area contributed by atoms with Crippen LogP contribution in [0.4, 0.5) is 0 Å². The van der Waals surface area contributed by atoms with Crippen LogP contribution in [-0.2, 0) is 11.2 Å². The van der Waals surface area contributed by atoms with Gasteiger partial charge in [0.2, 0.25) is 5.91 Å². The van der Waals surface area contributed by atoms with Crippen molar-refractivity contribution < 1.29 is 14.0 Å². The smallest absolute Gasteiger partial charge is 0.273 e. The van der Waals surface area contributed by atoms with Crippen molar-refractivity contribution in [3.05, 3.63) is 17.8 Å². The first kappa shape index (κ1) is 16.0. The van der Waals surface area contributed by atoms with E-state index in [2.05, 4.69) is 10.3 Å². The number of likely N-dealkylation sites (tertiary alicyclic amines) is 1. The molecule has 0 radical (unpaired) electrons. The molecule has 1 unspecified atom stereocenters. The second kappa shape index (κ2) is 7.15. The molecule has 2 fully saturated rings. The van der Waals surface area contributed by atoms with Crippen LogP contribution < -0.4 is 5.32 Å². The predicted octanol–water partition coefficient (Wildman–Crippen LogP) is 2.15. The molecule has 1 N–H and O–H groups in total. The number of aryl methyl sites for hydroxylation is 1. The molecule has 1 aromatic heterocycles. The summed E-state index contributed by atoms with van der Waals surface area (Å²) in [5, 5.41) is 2.93. The van der Waals surface area contributed by atoms with Crippen LogP contribution in [0.3, 0.4) is 0 Å². The van der Waals surface area contributed by atoms with E-state index in [1.807, 2.05) is 11.8 Å². The molecule has 23 heavy (non-hydrogen) atoms. The lowest BCUT2D eigenvalue weighted by Gasteiger charge is -2.27. The quantitative estimate of drug-likeness (QED) is 0.902. The molecule has 2 amide bonds. The molecule has 0 bridgehead atoms. The number of hydrogen-bond acceptors (Lipinski definition) is 4. The molecular formula is C17H25N3O3. The number of rotatable bonds is 5. The summed E-state index contributed by atoms with van der Waals surface area (Å²) in [5.74, 6) is 1.12. The van der Waals surface area contributed by atoms with Gasteiger partial charge in [-0.2, -0.15) is 0 Å². The van der Waals surface area contributed by atoms with Gasteiger partial charge in [0.25, 0.3) is 5.91 Å². The highest BCUT2D eigenvalue weighted by Gasteiger charge is 2.33. The lowest BCUT2D eigenvalue weighted by molar-refractivity contribution is -0.128. The maximum atomic E-state index is 12.3. The molecule has 6 nitrogen and oxygen atoms in total. The van der Waals surface area contributed by atoms with E-state index in [1.54, 1.807) is 0 Å². The van der Waals surface area contributed by atoms with Crippen LogP contribution in [0.5, 0.6) is 0 Å². The zero-order chi connectivity index (χ0) is 16.2. The fourth-order valence-electron chi connectivity index (χ4n) is 3.69. The largest absolute Gasteiger partial charge is 0.448 e. The standard InChI is InChI=1S/C17H25N3O3/c1-2-14-16(18-11-23-14)17(22)19-13-8-15(21)20(10-13)9-12-6-4-3-5-7-12/h11-13H,2-10H2,1H3,(H,19,22). The summed E-state index contributed by atoms with van der Waals surface area (Å²) in [6, 6.07) is -0.125. The van der Waals surface area contributed by atoms with E-state index in [1.165, 1.54) is 38.5 Å². The third-order valence-corrected chi connectivity index (χ3v) is 4.93. The van der Waals surface area contributed by atoms with Crippen LogP contribution in [0.25, 0.3) is 0 Å². The summed E-state index contributed by atoms with van der Waals surface area (Å²) in [4.78, 5) is 30.4. The van der Waals surface area contributed by atoms with Gasteiger partial charge in [-0.15, -0.1) is 0 Å². The zero-order valence-electron chi connectivity index (χ0n) is 13.7. The van der Waals surface area contributed by atoms with Gasteiger partial charge in [-0.25, -0.2) is 4.98 Å². The number of amides is 2. The second-order valence-corrected chi connectivity index (χ2v) is 6.65. The van der Waals surface area contributed by atoms with Gasteiger partial charge in [-0.1, -0.05) is 26.2 Å². The molecule has 1 aliphatic carbocycles. The Morgan fingerprint density at radius 1 is 1.39 bits per heavy atom. The SMILES string of the molecule is CCc1ocnc1C(=O)NC1CC(=O)N(CC2CCCCC2)C1. The molecular weight excluding hydrogens is 294 g/mol. The van der Waals surface area contributed by atoms with Gasteiger partial charge in [0.15, 0.2) is 12.1 Å². The van der Waals surface area contributed by atoms with Crippen molar-refractivity contribution in [3.63, 3.8) is 0 Å². The van der Waals surface area contributed by atoms with Crippen molar-refractivity contribution >= 4 is 11.8 Å². The Labute approximate surface area is 136 Å². The minimum Gasteiger partial charge on any atom is -0.448 e. The number of hydrogen-bond donors (Lipinski definition) is 1. The number of nitrogens with zero attached hydrogens (tertiary/aromatic N) is 2. The lowest BCUT2D eigenvalue weighted by Crippen LogP contribution is -2.38. The Hall–Kier alpha value is -1.85. The molecule has 126 valence electrons. The second-order valence-electron chi connectivity index (χ2n) is 6.65. The highest BCUT2D eigenvalue weighted by Crippen LogP contribution is 2.26. The van der Waals surface area contributed by atoms with Crippen molar-refractivity contribution in [1.29, 1.82) is 0 Å². The molecule has 1 atom stereocenters. The van der Waals surface area contributed by atoms with Crippen molar-refractivity contribution in [2.75, 3.05) is 13.1 Å². The van der Waals surface area contributed by atoms with Crippen molar-refractivity contribution in [2.24, 2.45) is 5.92 Å². The number of carbonyl (C=O) groups is 2. The number of aromatic nitrogens is 1. The summed E-state index contributed by atoms with van der Waals surface area (Å²) in [6.45, 7) is 3.37. The Morgan fingerprint density at radius 3 is 2.91 bits per heavy atom. The van der Waals surface area contributed by atoms with Crippen molar-refractivity contribution in [1.82, 2.24) is 15.2 Å². The molecule has 2 heterocycles. The van der Waals surface area contributed by atoms with Gasteiger partial charge in [-0.3, -0.25) is 9.59 Å². The van der Waals surface area contributed by atoms with Crippen LogP contribution in [0.15, 0.2) is 10.8 Å². The van der Waals surface area contributed by atoms with Crippen LogP contribution in [-0.4, -0.2) is 40.8 Å². The third-order valence-electron chi connectivity index (χ3n) is 4.93. The third kappa shape index (κ3) is 3.74. The van der Waals surface area contributed by atoms with Crippen LogP contribution in [0.2, 0.25) is 0 Å². The highest BCUT2D eigenvalue weighted by molar-refractivity contribution is 5.94. The van der Waals surface area contributed by atoms with E-state index in [0.717, 1.165) is 6.54 Å². The zero-order valence-corrected chi connectivity index (χ0v) is 13.7. The minimum atomic E-state index is -0.243.